The monoisotopic (exact) mass is 340 g/mol. The average Bonchev–Trinajstić information content (AvgIpc) is 3.20. The van der Waals surface area contributed by atoms with Gasteiger partial charge in [0.2, 0.25) is 5.91 Å². The van der Waals surface area contributed by atoms with Gasteiger partial charge in [0.05, 0.1) is 18.4 Å². The second kappa shape index (κ2) is 6.98. The highest BCUT2D eigenvalue weighted by Gasteiger charge is 2.38. The van der Waals surface area contributed by atoms with Crippen LogP contribution in [0.4, 0.5) is 0 Å². The van der Waals surface area contributed by atoms with Crippen LogP contribution in [0.3, 0.4) is 0 Å². The van der Waals surface area contributed by atoms with Gasteiger partial charge in [-0.15, -0.1) is 0 Å². The second-order valence-electron chi connectivity index (χ2n) is 7.00. The molecular formula is C19H24N4O2. The smallest absolute Gasteiger partial charge is 0.241 e. The van der Waals surface area contributed by atoms with Crippen molar-refractivity contribution in [1.82, 2.24) is 20.0 Å². The summed E-state index contributed by atoms with van der Waals surface area (Å²) in [6, 6.07) is 12.9. The van der Waals surface area contributed by atoms with Crippen molar-refractivity contribution < 1.29 is 9.53 Å². The molecule has 3 atom stereocenters. The SMILES string of the molecule is Cc1ccn(CC(=O)N[C@@H]2C[C@H]3CO[C@@H](c4ccccc4)CN3C2)n1. The van der Waals surface area contributed by atoms with Crippen LogP contribution in [0.25, 0.3) is 0 Å². The van der Waals surface area contributed by atoms with E-state index < -0.39 is 0 Å². The lowest BCUT2D eigenvalue weighted by Gasteiger charge is -2.35. The maximum atomic E-state index is 12.2. The van der Waals surface area contributed by atoms with Crippen LogP contribution in [0.2, 0.25) is 0 Å². The van der Waals surface area contributed by atoms with Crippen molar-refractivity contribution in [2.24, 2.45) is 0 Å². The first-order chi connectivity index (χ1) is 12.2. The quantitative estimate of drug-likeness (QED) is 0.917. The van der Waals surface area contributed by atoms with Crippen LogP contribution in [0.1, 0.15) is 23.8 Å². The zero-order valence-electron chi connectivity index (χ0n) is 14.5. The van der Waals surface area contributed by atoms with Gasteiger partial charge in [0, 0.05) is 31.4 Å². The first kappa shape index (κ1) is 16.3. The molecule has 1 N–H and O–H groups in total. The van der Waals surface area contributed by atoms with Crippen molar-refractivity contribution in [3.05, 3.63) is 53.9 Å². The molecule has 2 saturated heterocycles. The lowest BCUT2D eigenvalue weighted by Crippen LogP contribution is -2.43. The molecule has 1 amide bonds. The maximum absolute atomic E-state index is 12.2. The van der Waals surface area contributed by atoms with Crippen molar-refractivity contribution in [1.29, 1.82) is 0 Å². The highest BCUT2D eigenvalue weighted by molar-refractivity contribution is 5.76. The van der Waals surface area contributed by atoms with Gasteiger partial charge in [-0.2, -0.15) is 5.10 Å². The number of amides is 1. The predicted molar refractivity (Wildman–Crippen MR) is 94.0 cm³/mol. The van der Waals surface area contributed by atoms with Gasteiger partial charge < -0.3 is 10.1 Å². The van der Waals surface area contributed by atoms with E-state index >= 15 is 0 Å². The predicted octanol–water partition coefficient (Wildman–Crippen LogP) is 1.52. The fourth-order valence-electron chi connectivity index (χ4n) is 3.82. The first-order valence-corrected chi connectivity index (χ1v) is 8.87. The minimum atomic E-state index is 0.0217. The molecule has 25 heavy (non-hydrogen) atoms. The van der Waals surface area contributed by atoms with E-state index in [1.165, 1.54) is 5.56 Å². The largest absolute Gasteiger partial charge is 0.371 e. The third-order valence-electron chi connectivity index (χ3n) is 5.03. The van der Waals surface area contributed by atoms with E-state index in [2.05, 4.69) is 39.6 Å². The summed E-state index contributed by atoms with van der Waals surface area (Å²) >= 11 is 0. The molecule has 6 heteroatoms. The van der Waals surface area contributed by atoms with E-state index in [-0.39, 0.29) is 24.6 Å². The van der Waals surface area contributed by atoms with Gasteiger partial charge in [0.15, 0.2) is 0 Å². The number of benzene rings is 1. The van der Waals surface area contributed by atoms with E-state index in [0.29, 0.717) is 6.04 Å². The van der Waals surface area contributed by atoms with Crippen LogP contribution in [-0.4, -0.2) is 52.4 Å². The minimum absolute atomic E-state index is 0.0217. The average molecular weight is 340 g/mol. The Morgan fingerprint density at radius 1 is 1.28 bits per heavy atom. The first-order valence-electron chi connectivity index (χ1n) is 8.87. The number of carbonyl (C=O) groups is 1. The topological polar surface area (TPSA) is 59.4 Å². The number of nitrogens with one attached hydrogen (secondary N) is 1. The molecule has 0 saturated carbocycles. The number of aromatic nitrogens is 2. The van der Waals surface area contributed by atoms with Crippen molar-refractivity contribution in [3.8, 4) is 0 Å². The standard InChI is InChI=1S/C19H24N4O2/c1-14-7-8-23(21-14)12-19(24)20-16-9-17-13-25-18(11-22(17)10-16)15-5-3-2-4-6-15/h2-8,16-18H,9-13H2,1H3,(H,20,24)/t16-,17+,18-/m1/s1. The summed E-state index contributed by atoms with van der Waals surface area (Å²) in [4.78, 5) is 14.7. The number of morpholine rings is 1. The highest BCUT2D eigenvalue weighted by Crippen LogP contribution is 2.30. The fourth-order valence-corrected chi connectivity index (χ4v) is 3.82. The Kier molecular flexibility index (Phi) is 4.55. The van der Waals surface area contributed by atoms with Crippen LogP contribution >= 0.6 is 0 Å². The third kappa shape index (κ3) is 3.75. The summed E-state index contributed by atoms with van der Waals surface area (Å²) in [5.41, 5.74) is 2.15. The Bertz CT molecular complexity index is 730. The van der Waals surface area contributed by atoms with Gasteiger partial charge in [-0.05, 0) is 25.0 Å². The molecule has 0 spiro atoms. The molecule has 2 aliphatic heterocycles. The molecule has 0 radical (unpaired) electrons. The molecule has 6 nitrogen and oxygen atoms in total. The van der Waals surface area contributed by atoms with E-state index in [1.54, 1.807) is 4.68 Å². The Morgan fingerprint density at radius 3 is 2.88 bits per heavy atom. The summed E-state index contributed by atoms with van der Waals surface area (Å²) in [7, 11) is 0. The molecular weight excluding hydrogens is 316 g/mol. The summed E-state index contributed by atoms with van der Waals surface area (Å²) in [5, 5.41) is 7.42. The van der Waals surface area contributed by atoms with Gasteiger partial charge in [0.25, 0.3) is 0 Å². The van der Waals surface area contributed by atoms with Crippen LogP contribution in [0.5, 0.6) is 0 Å². The molecule has 0 bridgehead atoms. The van der Waals surface area contributed by atoms with E-state index in [1.807, 2.05) is 25.3 Å². The molecule has 1 aromatic carbocycles. The summed E-state index contributed by atoms with van der Waals surface area (Å²) in [6.07, 6.45) is 2.91. The van der Waals surface area contributed by atoms with Crippen molar-refractivity contribution >= 4 is 5.91 Å². The third-order valence-corrected chi connectivity index (χ3v) is 5.03. The molecule has 1 aromatic heterocycles. The number of rotatable bonds is 4. The normalized spacial score (nSPS) is 26.4. The fraction of sp³-hybridized carbons (Fsp3) is 0.474. The van der Waals surface area contributed by atoms with Crippen LogP contribution in [0.15, 0.2) is 42.6 Å². The number of carbonyl (C=O) groups excluding carboxylic acids is 1. The lowest BCUT2D eigenvalue weighted by atomic mass is 10.1. The Labute approximate surface area is 147 Å². The number of hydrogen-bond donors (Lipinski definition) is 1. The molecule has 2 fully saturated rings. The Morgan fingerprint density at radius 2 is 2.12 bits per heavy atom. The van der Waals surface area contributed by atoms with Gasteiger partial charge in [-0.3, -0.25) is 14.4 Å². The minimum Gasteiger partial charge on any atom is -0.371 e. The summed E-state index contributed by atoms with van der Waals surface area (Å²) in [5.74, 6) is 0.0217. The van der Waals surface area contributed by atoms with E-state index in [0.717, 1.165) is 31.8 Å². The number of fused-ring (bicyclic) bond motifs is 1. The molecule has 0 aliphatic carbocycles. The molecule has 132 valence electrons. The Balaban J connectivity index is 1.31. The van der Waals surface area contributed by atoms with Gasteiger partial charge in [-0.1, -0.05) is 30.3 Å². The Hall–Kier alpha value is -2.18. The second-order valence-corrected chi connectivity index (χ2v) is 7.00. The van der Waals surface area contributed by atoms with E-state index in [4.69, 9.17) is 4.74 Å². The molecule has 2 aromatic rings. The molecule has 2 aliphatic rings. The zero-order chi connectivity index (χ0) is 17.2. The summed E-state index contributed by atoms with van der Waals surface area (Å²) < 4.78 is 7.74. The zero-order valence-corrected chi connectivity index (χ0v) is 14.5. The van der Waals surface area contributed by atoms with Gasteiger partial charge in [-0.25, -0.2) is 0 Å². The molecule has 4 rings (SSSR count). The summed E-state index contributed by atoms with van der Waals surface area (Å²) in [6.45, 7) is 4.70. The molecule has 0 unspecified atom stereocenters. The van der Waals surface area contributed by atoms with Crippen LogP contribution < -0.4 is 5.32 Å². The van der Waals surface area contributed by atoms with Crippen molar-refractivity contribution in [2.75, 3.05) is 19.7 Å². The van der Waals surface area contributed by atoms with E-state index in [9.17, 15) is 4.79 Å². The number of nitrogens with zero attached hydrogens (tertiary/aromatic N) is 3. The van der Waals surface area contributed by atoms with Crippen LogP contribution in [0, 0.1) is 6.92 Å². The highest BCUT2D eigenvalue weighted by atomic mass is 16.5. The van der Waals surface area contributed by atoms with Gasteiger partial charge >= 0.3 is 0 Å². The van der Waals surface area contributed by atoms with Gasteiger partial charge in [0.1, 0.15) is 6.54 Å². The van der Waals surface area contributed by atoms with Crippen LogP contribution in [-0.2, 0) is 16.1 Å². The lowest BCUT2D eigenvalue weighted by molar-refractivity contribution is -0.122. The van der Waals surface area contributed by atoms with Crippen molar-refractivity contribution in [3.63, 3.8) is 0 Å². The number of hydrogen-bond acceptors (Lipinski definition) is 4. The maximum Gasteiger partial charge on any atom is 0.241 e. The number of aryl methyl sites for hydroxylation is 1. The number of ether oxygens (including phenoxy) is 1. The van der Waals surface area contributed by atoms with Crippen molar-refractivity contribution in [2.45, 2.75) is 38.1 Å². The molecule has 3 heterocycles.